The van der Waals surface area contributed by atoms with Crippen molar-refractivity contribution in [2.24, 2.45) is 0 Å². The monoisotopic (exact) mass is 383 g/mol. The number of rotatable bonds is 3. The first-order chi connectivity index (χ1) is 12.7. The molecule has 0 radical (unpaired) electrons. The molecule has 2 amide bonds. The lowest BCUT2D eigenvalue weighted by molar-refractivity contribution is 0.0635. The van der Waals surface area contributed by atoms with E-state index in [1.54, 1.807) is 45.0 Å². The second-order valence-electron chi connectivity index (χ2n) is 7.10. The van der Waals surface area contributed by atoms with Crippen LogP contribution in [0, 0.1) is 6.92 Å². The van der Waals surface area contributed by atoms with Crippen LogP contribution in [0.25, 0.3) is 10.2 Å². The summed E-state index contributed by atoms with van der Waals surface area (Å²) in [6.07, 6.45) is -0.568. The maximum Gasteiger partial charge on any atom is 0.412 e. The smallest absolute Gasteiger partial charge is 0.412 e. The summed E-state index contributed by atoms with van der Waals surface area (Å²) in [4.78, 5) is 28.9. The van der Waals surface area contributed by atoms with Crippen LogP contribution in [0.4, 0.5) is 15.6 Å². The number of para-hydroxylation sites is 1. The molecule has 27 heavy (non-hydrogen) atoms. The maximum atomic E-state index is 12.6. The Kier molecular flexibility index (Phi) is 5.14. The number of benzene rings is 2. The number of hydrogen-bond donors (Lipinski definition) is 2. The van der Waals surface area contributed by atoms with E-state index < -0.39 is 11.7 Å². The predicted octanol–water partition coefficient (Wildman–Crippen LogP) is 5.20. The molecule has 0 unspecified atom stereocenters. The second-order valence-corrected chi connectivity index (χ2v) is 8.13. The molecule has 3 rings (SSSR count). The lowest BCUT2D eigenvalue weighted by atomic mass is 10.2. The van der Waals surface area contributed by atoms with Gasteiger partial charge in [0.25, 0.3) is 5.91 Å². The summed E-state index contributed by atoms with van der Waals surface area (Å²) in [5, 5.41) is 5.99. The van der Waals surface area contributed by atoms with Gasteiger partial charge in [-0.05, 0) is 57.5 Å². The summed E-state index contributed by atoms with van der Waals surface area (Å²) in [6, 6.07) is 12.6. The molecular weight excluding hydrogens is 362 g/mol. The first kappa shape index (κ1) is 18.8. The first-order valence-corrected chi connectivity index (χ1v) is 9.30. The number of amides is 2. The van der Waals surface area contributed by atoms with Crippen LogP contribution in [-0.4, -0.2) is 22.6 Å². The minimum Gasteiger partial charge on any atom is -0.444 e. The van der Waals surface area contributed by atoms with E-state index in [9.17, 15) is 9.59 Å². The topological polar surface area (TPSA) is 80.3 Å². The van der Waals surface area contributed by atoms with E-state index in [1.165, 1.54) is 11.3 Å². The summed E-state index contributed by atoms with van der Waals surface area (Å²) >= 11 is 1.42. The molecule has 140 valence electrons. The van der Waals surface area contributed by atoms with Crippen LogP contribution in [0.3, 0.4) is 0 Å². The zero-order valence-electron chi connectivity index (χ0n) is 15.6. The third-order valence-corrected chi connectivity index (χ3v) is 4.55. The molecule has 7 heteroatoms. The van der Waals surface area contributed by atoms with Gasteiger partial charge in [-0.25, -0.2) is 9.78 Å². The number of aryl methyl sites for hydroxylation is 1. The van der Waals surface area contributed by atoms with Crippen molar-refractivity contribution < 1.29 is 14.3 Å². The predicted molar refractivity (Wildman–Crippen MR) is 109 cm³/mol. The number of carbonyl (C=O) groups is 2. The first-order valence-electron chi connectivity index (χ1n) is 8.49. The molecule has 0 spiro atoms. The molecule has 1 heterocycles. The summed E-state index contributed by atoms with van der Waals surface area (Å²) in [5.74, 6) is -0.292. The third-order valence-electron chi connectivity index (χ3n) is 3.61. The molecule has 0 bridgehead atoms. The Morgan fingerprint density at radius 1 is 1.07 bits per heavy atom. The summed E-state index contributed by atoms with van der Waals surface area (Å²) in [5.41, 5.74) is 2.26. The number of ether oxygens (including phenoxy) is 1. The van der Waals surface area contributed by atoms with Crippen molar-refractivity contribution in [2.75, 3.05) is 10.6 Å². The normalized spacial score (nSPS) is 11.3. The Morgan fingerprint density at radius 3 is 2.52 bits per heavy atom. The Labute approximate surface area is 161 Å². The second kappa shape index (κ2) is 7.36. The molecule has 2 aromatic carbocycles. The van der Waals surface area contributed by atoms with E-state index >= 15 is 0 Å². The molecular formula is C20H21N3O3S. The zero-order valence-corrected chi connectivity index (χ0v) is 16.4. The van der Waals surface area contributed by atoms with Crippen LogP contribution in [0.5, 0.6) is 0 Å². The zero-order chi connectivity index (χ0) is 19.6. The van der Waals surface area contributed by atoms with E-state index in [0.717, 1.165) is 15.8 Å². The largest absolute Gasteiger partial charge is 0.444 e. The molecule has 0 aliphatic carbocycles. The molecule has 6 nitrogen and oxygen atoms in total. The van der Waals surface area contributed by atoms with Crippen LogP contribution < -0.4 is 10.6 Å². The average Bonchev–Trinajstić information content (AvgIpc) is 2.97. The molecule has 2 N–H and O–H groups in total. The fraction of sp³-hybridized carbons (Fsp3) is 0.250. The maximum absolute atomic E-state index is 12.6. The summed E-state index contributed by atoms with van der Waals surface area (Å²) in [7, 11) is 0. The number of nitrogens with zero attached hydrogens (tertiary/aromatic N) is 1. The minimum absolute atomic E-state index is 0.292. The van der Waals surface area contributed by atoms with Crippen molar-refractivity contribution in [3.05, 3.63) is 53.6 Å². The number of nitrogens with one attached hydrogen (secondary N) is 2. The van der Waals surface area contributed by atoms with E-state index in [2.05, 4.69) is 15.6 Å². The molecule has 0 atom stereocenters. The van der Waals surface area contributed by atoms with Crippen LogP contribution in [0.15, 0.2) is 42.5 Å². The summed E-state index contributed by atoms with van der Waals surface area (Å²) in [6.45, 7) is 7.35. The van der Waals surface area contributed by atoms with Gasteiger partial charge >= 0.3 is 6.09 Å². The average molecular weight is 383 g/mol. The van der Waals surface area contributed by atoms with Gasteiger partial charge in [0, 0.05) is 11.3 Å². The number of carbonyl (C=O) groups excluding carboxylic acids is 2. The van der Waals surface area contributed by atoms with Gasteiger partial charge in [0.2, 0.25) is 0 Å². The van der Waals surface area contributed by atoms with E-state index in [0.29, 0.717) is 16.4 Å². The van der Waals surface area contributed by atoms with Crippen LogP contribution in [0.2, 0.25) is 0 Å². The highest BCUT2D eigenvalue weighted by molar-refractivity contribution is 7.22. The standard InChI is InChI=1S/C20H21N3O3S/c1-12-7-5-10-15-16(12)22-18(27-15)23-17(24)13-8-6-9-14(11-13)21-19(25)26-20(2,3)4/h5-11H,1-4H3,(H,21,25)(H,22,23,24). The number of thiazole rings is 1. The van der Waals surface area contributed by atoms with E-state index in [4.69, 9.17) is 4.74 Å². The number of anilines is 2. The van der Waals surface area contributed by atoms with Crippen molar-refractivity contribution in [1.29, 1.82) is 0 Å². The Bertz CT molecular complexity index is 1010. The number of hydrogen-bond acceptors (Lipinski definition) is 5. The molecule has 1 aromatic heterocycles. The SMILES string of the molecule is Cc1cccc2sc(NC(=O)c3cccc(NC(=O)OC(C)(C)C)c3)nc12. The molecule has 3 aromatic rings. The van der Waals surface area contributed by atoms with Gasteiger partial charge in [-0.1, -0.05) is 29.5 Å². The molecule has 0 aliphatic rings. The van der Waals surface area contributed by atoms with Crippen molar-refractivity contribution in [1.82, 2.24) is 4.98 Å². The summed E-state index contributed by atoms with van der Waals surface area (Å²) < 4.78 is 6.24. The van der Waals surface area contributed by atoms with E-state index in [-0.39, 0.29) is 5.91 Å². The lowest BCUT2D eigenvalue weighted by Gasteiger charge is -2.19. The molecule has 0 saturated carbocycles. The van der Waals surface area contributed by atoms with Crippen molar-refractivity contribution >= 4 is 44.4 Å². The van der Waals surface area contributed by atoms with Crippen molar-refractivity contribution in [3.8, 4) is 0 Å². The molecule has 0 fully saturated rings. The fourth-order valence-corrected chi connectivity index (χ4v) is 3.41. The number of fused-ring (bicyclic) bond motifs is 1. The molecule has 0 aliphatic heterocycles. The van der Waals surface area contributed by atoms with Gasteiger partial charge in [0.1, 0.15) is 5.60 Å². The highest BCUT2D eigenvalue weighted by atomic mass is 32.1. The Hall–Kier alpha value is -2.93. The van der Waals surface area contributed by atoms with Gasteiger partial charge in [0.05, 0.1) is 10.2 Å². The Balaban J connectivity index is 1.73. The fourth-order valence-electron chi connectivity index (χ4n) is 2.47. The van der Waals surface area contributed by atoms with Gasteiger partial charge in [-0.3, -0.25) is 15.4 Å². The van der Waals surface area contributed by atoms with Crippen LogP contribution in [-0.2, 0) is 4.74 Å². The van der Waals surface area contributed by atoms with Crippen LogP contribution in [0.1, 0.15) is 36.7 Å². The Morgan fingerprint density at radius 2 is 1.81 bits per heavy atom. The quantitative estimate of drug-likeness (QED) is 0.651. The minimum atomic E-state index is -0.593. The van der Waals surface area contributed by atoms with E-state index in [1.807, 2.05) is 25.1 Å². The van der Waals surface area contributed by atoms with Gasteiger partial charge in [0.15, 0.2) is 5.13 Å². The van der Waals surface area contributed by atoms with Gasteiger partial charge in [-0.15, -0.1) is 0 Å². The third kappa shape index (κ3) is 4.83. The molecule has 0 saturated heterocycles. The van der Waals surface area contributed by atoms with Gasteiger partial charge in [-0.2, -0.15) is 0 Å². The lowest BCUT2D eigenvalue weighted by Crippen LogP contribution is -2.27. The van der Waals surface area contributed by atoms with Crippen molar-refractivity contribution in [2.45, 2.75) is 33.3 Å². The van der Waals surface area contributed by atoms with Gasteiger partial charge < -0.3 is 4.74 Å². The highest BCUT2D eigenvalue weighted by Gasteiger charge is 2.17. The van der Waals surface area contributed by atoms with Crippen molar-refractivity contribution in [3.63, 3.8) is 0 Å². The number of aromatic nitrogens is 1. The highest BCUT2D eigenvalue weighted by Crippen LogP contribution is 2.28. The van der Waals surface area contributed by atoms with Crippen LogP contribution >= 0.6 is 11.3 Å².